The Bertz CT molecular complexity index is 852. The van der Waals surface area contributed by atoms with E-state index < -0.39 is 25.1 Å². The van der Waals surface area contributed by atoms with Gasteiger partial charge in [-0.25, -0.2) is 4.79 Å². The number of methoxy groups -OCH3 is 1. The first-order valence-electron chi connectivity index (χ1n) is 7.92. The van der Waals surface area contributed by atoms with E-state index in [1.165, 1.54) is 26.2 Å². The second kappa shape index (κ2) is 9.59. The zero-order chi connectivity index (χ0) is 19.8. The number of carbonyl (C=O) groups is 3. The number of benzene rings is 2. The van der Waals surface area contributed by atoms with Gasteiger partial charge in [0.05, 0.1) is 17.8 Å². The van der Waals surface area contributed by atoms with Crippen molar-refractivity contribution in [3.63, 3.8) is 0 Å². The first kappa shape index (κ1) is 20.3. The van der Waals surface area contributed by atoms with Crippen molar-refractivity contribution >= 4 is 34.9 Å². The monoisotopic (exact) mass is 391 g/mol. The molecule has 0 unspecified atom stereocenters. The molecule has 0 saturated carbocycles. The SMILES string of the molecule is COc1cc(C(C)=O)ccc1OCC(=O)OCC(=O)Nc1ccccc1Cl. The highest BCUT2D eigenvalue weighted by Gasteiger charge is 2.13. The molecular formula is C19H18ClNO6. The Hall–Kier alpha value is -3.06. The van der Waals surface area contributed by atoms with E-state index >= 15 is 0 Å². The van der Waals surface area contributed by atoms with Gasteiger partial charge in [-0.3, -0.25) is 9.59 Å². The molecule has 0 heterocycles. The minimum atomic E-state index is -0.734. The molecule has 1 amide bonds. The average Bonchev–Trinajstić information content (AvgIpc) is 2.66. The first-order valence-corrected chi connectivity index (χ1v) is 8.30. The summed E-state index contributed by atoms with van der Waals surface area (Å²) in [6, 6.07) is 11.3. The van der Waals surface area contributed by atoms with Crippen LogP contribution in [0.4, 0.5) is 5.69 Å². The molecule has 27 heavy (non-hydrogen) atoms. The second-order valence-corrected chi connectivity index (χ2v) is 5.81. The van der Waals surface area contributed by atoms with Gasteiger partial charge in [-0.1, -0.05) is 23.7 Å². The molecule has 0 fully saturated rings. The lowest BCUT2D eigenvalue weighted by molar-refractivity contribution is -0.149. The molecule has 0 aliphatic rings. The lowest BCUT2D eigenvalue weighted by atomic mass is 10.1. The van der Waals surface area contributed by atoms with Crippen LogP contribution in [0.5, 0.6) is 11.5 Å². The maximum Gasteiger partial charge on any atom is 0.344 e. The summed E-state index contributed by atoms with van der Waals surface area (Å²) < 4.78 is 15.3. The fourth-order valence-corrected chi connectivity index (χ4v) is 2.26. The summed E-state index contributed by atoms with van der Waals surface area (Å²) in [7, 11) is 1.42. The summed E-state index contributed by atoms with van der Waals surface area (Å²) in [4.78, 5) is 34.9. The van der Waals surface area contributed by atoms with Crippen molar-refractivity contribution in [1.29, 1.82) is 0 Å². The number of Topliss-reactive ketones (excluding diaryl/α,β-unsaturated/α-hetero) is 1. The van der Waals surface area contributed by atoms with Crippen LogP contribution in [0.15, 0.2) is 42.5 Å². The zero-order valence-corrected chi connectivity index (χ0v) is 15.5. The molecule has 0 bridgehead atoms. The van der Waals surface area contributed by atoms with Gasteiger partial charge in [0.25, 0.3) is 5.91 Å². The van der Waals surface area contributed by atoms with Crippen molar-refractivity contribution in [1.82, 2.24) is 0 Å². The van der Waals surface area contributed by atoms with Crippen LogP contribution in [-0.2, 0) is 14.3 Å². The normalized spacial score (nSPS) is 10.0. The third kappa shape index (κ3) is 6.00. The third-order valence-electron chi connectivity index (χ3n) is 3.43. The molecule has 142 valence electrons. The predicted octanol–water partition coefficient (Wildman–Crippen LogP) is 3.11. The topological polar surface area (TPSA) is 90.9 Å². The number of carbonyl (C=O) groups excluding carboxylic acids is 3. The van der Waals surface area contributed by atoms with Crippen LogP contribution in [0.3, 0.4) is 0 Å². The number of esters is 1. The Kier molecular flexibility index (Phi) is 7.19. The second-order valence-electron chi connectivity index (χ2n) is 5.40. The van der Waals surface area contributed by atoms with Crippen molar-refractivity contribution < 1.29 is 28.6 Å². The van der Waals surface area contributed by atoms with E-state index in [-0.39, 0.29) is 11.5 Å². The Morgan fingerprint density at radius 3 is 2.44 bits per heavy atom. The van der Waals surface area contributed by atoms with Crippen LogP contribution in [0.1, 0.15) is 17.3 Å². The molecular weight excluding hydrogens is 374 g/mol. The summed E-state index contributed by atoms with van der Waals surface area (Å²) in [6.45, 7) is 0.531. The number of para-hydroxylation sites is 1. The maximum atomic E-state index is 11.8. The van der Waals surface area contributed by atoms with Gasteiger partial charge in [0, 0.05) is 5.56 Å². The average molecular weight is 392 g/mol. The number of nitrogens with one attached hydrogen (secondary N) is 1. The highest BCUT2D eigenvalue weighted by Crippen LogP contribution is 2.28. The lowest BCUT2D eigenvalue weighted by Crippen LogP contribution is -2.23. The number of halogens is 1. The van der Waals surface area contributed by atoms with Crippen LogP contribution in [0.25, 0.3) is 0 Å². The molecule has 0 atom stereocenters. The summed E-state index contributed by atoms with van der Waals surface area (Å²) in [5.41, 5.74) is 0.879. The molecule has 0 aromatic heterocycles. The highest BCUT2D eigenvalue weighted by molar-refractivity contribution is 6.33. The summed E-state index contributed by atoms with van der Waals surface area (Å²) in [5, 5.41) is 2.91. The third-order valence-corrected chi connectivity index (χ3v) is 3.76. The van der Waals surface area contributed by atoms with E-state index in [1.807, 2.05) is 0 Å². The number of hydrogen-bond donors (Lipinski definition) is 1. The largest absolute Gasteiger partial charge is 0.493 e. The highest BCUT2D eigenvalue weighted by atomic mass is 35.5. The Labute approximate surface area is 161 Å². The van der Waals surface area contributed by atoms with Crippen LogP contribution in [0.2, 0.25) is 5.02 Å². The van der Waals surface area contributed by atoms with Gasteiger partial charge in [0.15, 0.2) is 30.5 Å². The van der Waals surface area contributed by atoms with E-state index in [2.05, 4.69) is 5.32 Å². The van der Waals surface area contributed by atoms with Gasteiger partial charge in [-0.15, -0.1) is 0 Å². The van der Waals surface area contributed by atoms with Crippen molar-refractivity contribution in [3.05, 3.63) is 53.1 Å². The quantitative estimate of drug-likeness (QED) is 0.549. The maximum absolute atomic E-state index is 11.8. The number of ketones is 1. The Morgan fingerprint density at radius 2 is 1.78 bits per heavy atom. The predicted molar refractivity (Wildman–Crippen MR) is 99.5 cm³/mol. The van der Waals surface area contributed by atoms with Crippen molar-refractivity contribution in [3.8, 4) is 11.5 Å². The van der Waals surface area contributed by atoms with Crippen LogP contribution in [0, 0.1) is 0 Å². The van der Waals surface area contributed by atoms with Crippen LogP contribution < -0.4 is 14.8 Å². The molecule has 8 heteroatoms. The zero-order valence-electron chi connectivity index (χ0n) is 14.8. The smallest absolute Gasteiger partial charge is 0.344 e. The fourth-order valence-electron chi connectivity index (χ4n) is 2.08. The number of ether oxygens (including phenoxy) is 3. The van der Waals surface area contributed by atoms with E-state index in [0.29, 0.717) is 22.0 Å². The number of anilines is 1. The fraction of sp³-hybridized carbons (Fsp3) is 0.211. The van der Waals surface area contributed by atoms with Crippen LogP contribution >= 0.6 is 11.6 Å². The van der Waals surface area contributed by atoms with Crippen molar-refractivity contribution in [2.45, 2.75) is 6.92 Å². The molecule has 7 nitrogen and oxygen atoms in total. The lowest BCUT2D eigenvalue weighted by Gasteiger charge is -2.11. The molecule has 2 rings (SSSR count). The molecule has 0 spiro atoms. The number of hydrogen-bond acceptors (Lipinski definition) is 6. The first-order chi connectivity index (χ1) is 12.9. The Balaban J connectivity index is 1.83. The van der Waals surface area contributed by atoms with Crippen molar-refractivity contribution in [2.24, 2.45) is 0 Å². The van der Waals surface area contributed by atoms with Gasteiger partial charge in [-0.05, 0) is 37.3 Å². The molecule has 2 aromatic rings. The van der Waals surface area contributed by atoms with Gasteiger partial charge < -0.3 is 19.5 Å². The number of amides is 1. The Morgan fingerprint density at radius 1 is 1.04 bits per heavy atom. The number of rotatable bonds is 8. The standard InChI is InChI=1S/C19H18ClNO6/c1-12(22)13-7-8-16(17(9-13)25-2)26-11-19(24)27-10-18(23)21-15-6-4-3-5-14(15)20/h3-9H,10-11H2,1-2H3,(H,21,23). The van der Waals surface area contributed by atoms with Crippen molar-refractivity contribution in [2.75, 3.05) is 25.6 Å². The summed E-state index contributed by atoms with van der Waals surface area (Å²) >= 11 is 5.93. The molecule has 0 aliphatic carbocycles. The minimum absolute atomic E-state index is 0.121. The summed E-state index contributed by atoms with van der Waals surface area (Å²) in [6.07, 6.45) is 0. The molecule has 0 radical (unpaired) electrons. The molecule has 2 aromatic carbocycles. The van der Waals surface area contributed by atoms with E-state index in [4.69, 9.17) is 25.8 Å². The van der Waals surface area contributed by atoms with E-state index in [1.54, 1.807) is 30.3 Å². The molecule has 0 aliphatic heterocycles. The molecule has 0 saturated heterocycles. The minimum Gasteiger partial charge on any atom is -0.493 e. The van der Waals surface area contributed by atoms with Crippen LogP contribution in [-0.4, -0.2) is 38.0 Å². The van der Waals surface area contributed by atoms with E-state index in [0.717, 1.165) is 0 Å². The van der Waals surface area contributed by atoms with Gasteiger partial charge >= 0.3 is 5.97 Å². The van der Waals surface area contributed by atoms with Gasteiger partial charge in [0.2, 0.25) is 0 Å². The van der Waals surface area contributed by atoms with Gasteiger partial charge in [0.1, 0.15) is 0 Å². The van der Waals surface area contributed by atoms with Gasteiger partial charge in [-0.2, -0.15) is 0 Å². The molecule has 1 N–H and O–H groups in total. The van der Waals surface area contributed by atoms with E-state index in [9.17, 15) is 14.4 Å². The summed E-state index contributed by atoms with van der Waals surface area (Å²) in [5.74, 6) is -0.794.